The Hall–Kier alpha value is -2.01. The van der Waals surface area contributed by atoms with Crippen molar-refractivity contribution in [2.45, 2.75) is 6.54 Å². The van der Waals surface area contributed by atoms with E-state index in [4.69, 9.17) is 11.6 Å². The first-order chi connectivity index (χ1) is 8.58. The number of nitrogens with zero attached hydrogens (tertiary/aromatic N) is 2. The van der Waals surface area contributed by atoms with Gasteiger partial charge in [0.2, 0.25) is 0 Å². The summed E-state index contributed by atoms with van der Waals surface area (Å²) in [6, 6.07) is 4.32. The van der Waals surface area contributed by atoms with Gasteiger partial charge >= 0.3 is 0 Å². The van der Waals surface area contributed by atoms with Crippen molar-refractivity contribution in [3.8, 4) is 5.75 Å². The fraction of sp³-hybridized carbons (Fsp3) is 0.167. The maximum absolute atomic E-state index is 11.8. The van der Waals surface area contributed by atoms with Crippen molar-refractivity contribution < 1.29 is 9.90 Å². The Morgan fingerprint density at radius 3 is 2.94 bits per heavy atom. The summed E-state index contributed by atoms with van der Waals surface area (Å²) in [5.41, 5.74) is 0.395. The second-order valence-corrected chi connectivity index (χ2v) is 4.21. The molecule has 1 amide bonds. The molecule has 2 N–H and O–H groups in total. The molecule has 0 unspecified atom stereocenters. The topological polar surface area (TPSA) is 67.2 Å². The number of carbonyl (C=O) groups is 1. The van der Waals surface area contributed by atoms with Crippen molar-refractivity contribution in [2.24, 2.45) is 7.05 Å². The van der Waals surface area contributed by atoms with Crippen LogP contribution in [0.2, 0.25) is 5.02 Å². The highest BCUT2D eigenvalue weighted by molar-refractivity contribution is 6.32. The summed E-state index contributed by atoms with van der Waals surface area (Å²) in [6.45, 7) is 0.334. The van der Waals surface area contributed by atoms with E-state index in [1.807, 2.05) is 11.6 Å². The Bertz CT molecular complexity index is 580. The van der Waals surface area contributed by atoms with Crippen LogP contribution in [0.25, 0.3) is 0 Å². The van der Waals surface area contributed by atoms with Crippen molar-refractivity contribution in [3.05, 3.63) is 47.0 Å². The number of phenolic OH excluding ortho intramolecular Hbond substituents is 1. The first-order valence-electron chi connectivity index (χ1n) is 5.31. The molecule has 5 nitrogen and oxygen atoms in total. The molecule has 0 saturated carbocycles. The fourth-order valence-electron chi connectivity index (χ4n) is 1.48. The lowest BCUT2D eigenvalue weighted by molar-refractivity contribution is 0.0949. The molecule has 94 valence electrons. The zero-order valence-corrected chi connectivity index (χ0v) is 10.5. The van der Waals surface area contributed by atoms with Gasteiger partial charge in [-0.25, -0.2) is 4.98 Å². The number of imidazole rings is 1. The zero-order valence-electron chi connectivity index (χ0n) is 9.72. The number of hydrogen-bond acceptors (Lipinski definition) is 3. The van der Waals surface area contributed by atoms with Crippen LogP contribution in [0.4, 0.5) is 0 Å². The SMILES string of the molecule is Cn1ccnc1CNC(=O)c1ccc(O)c(Cl)c1. The molecule has 6 heteroatoms. The highest BCUT2D eigenvalue weighted by atomic mass is 35.5. The van der Waals surface area contributed by atoms with E-state index in [-0.39, 0.29) is 16.7 Å². The van der Waals surface area contributed by atoms with E-state index < -0.39 is 0 Å². The van der Waals surface area contributed by atoms with Gasteiger partial charge in [0, 0.05) is 25.0 Å². The van der Waals surface area contributed by atoms with Crippen LogP contribution in [0.15, 0.2) is 30.6 Å². The molecule has 0 bridgehead atoms. The van der Waals surface area contributed by atoms with Gasteiger partial charge in [-0.2, -0.15) is 0 Å². The highest BCUT2D eigenvalue weighted by Gasteiger charge is 2.09. The van der Waals surface area contributed by atoms with Gasteiger partial charge in [0.15, 0.2) is 0 Å². The van der Waals surface area contributed by atoms with Crippen LogP contribution >= 0.6 is 11.6 Å². The van der Waals surface area contributed by atoms with Crippen molar-refractivity contribution in [2.75, 3.05) is 0 Å². The summed E-state index contributed by atoms with van der Waals surface area (Å²) in [5, 5.41) is 12.1. The standard InChI is InChI=1S/C12H12ClN3O2/c1-16-5-4-14-11(16)7-15-12(18)8-2-3-10(17)9(13)6-8/h2-6,17H,7H2,1H3,(H,15,18). The molecule has 0 fully saturated rings. The maximum Gasteiger partial charge on any atom is 0.251 e. The number of amides is 1. The first kappa shape index (κ1) is 12.4. The number of carbonyl (C=O) groups excluding carboxylic acids is 1. The molecule has 0 aliphatic carbocycles. The smallest absolute Gasteiger partial charge is 0.251 e. The normalized spacial score (nSPS) is 10.3. The largest absolute Gasteiger partial charge is 0.506 e. The van der Waals surface area contributed by atoms with Crippen LogP contribution < -0.4 is 5.32 Å². The number of benzene rings is 1. The Kier molecular flexibility index (Phi) is 3.53. The van der Waals surface area contributed by atoms with Crippen molar-refractivity contribution in [1.29, 1.82) is 0 Å². The van der Waals surface area contributed by atoms with Gasteiger partial charge in [-0.3, -0.25) is 4.79 Å². The van der Waals surface area contributed by atoms with Gasteiger partial charge in [0.25, 0.3) is 5.91 Å². The maximum atomic E-state index is 11.8. The molecule has 2 aromatic rings. The molecule has 0 saturated heterocycles. The Morgan fingerprint density at radius 1 is 1.56 bits per heavy atom. The second kappa shape index (κ2) is 5.10. The van der Waals surface area contributed by atoms with Gasteiger partial charge in [-0.05, 0) is 18.2 Å². The summed E-state index contributed by atoms with van der Waals surface area (Å²) in [5.74, 6) is 0.449. The number of rotatable bonds is 3. The Balaban J connectivity index is 2.04. The van der Waals surface area contributed by atoms with Crippen molar-refractivity contribution in [3.63, 3.8) is 0 Å². The van der Waals surface area contributed by atoms with Crippen LogP contribution in [0.3, 0.4) is 0 Å². The van der Waals surface area contributed by atoms with Crippen LogP contribution in [0.5, 0.6) is 5.75 Å². The Morgan fingerprint density at radius 2 is 2.33 bits per heavy atom. The lowest BCUT2D eigenvalue weighted by atomic mass is 10.2. The number of hydrogen-bond donors (Lipinski definition) is 2. The van der Waals surface area contributed by atoms with Gasteiger partial charge in [0.1, 0.15) is 11.6 Å². The minimum absolute atomic E-state index is 0.0442. The molecule has 2 rings (SSSR count). The molecule has 1 aromatic carbocycles. The van der Waals surface area contributed by atoms with Gasteiger partial charge in [-0.1, -0.05) is 11.6 Å². The van der Waals surface area contributed by atoms with Crippen LogP contribution in [-0.2, 0) is 13.6 Å². The third-order valence-electron chi connectivity index (χ3n) is 2.54. The van der Waals surface area contributed by atoms with E-state index >= 15 is 0 Å². The summed E-state index contributed by atoms with van der Waals surface area (Å²) in [7, 11) is 1.85. The fourth-order valence-corrected chi connectivity index (χ4v) is 1.66. The van der Waals surface area contributed by atoms with Gasteiger partial charge in [0.05, 0.1) is 11.6 Å². The molecular formula is C12H12ClN3O2. The monoisotopic (exact) mass is 265 g/mol. The molecule has 1 heterocycles. The van der Waals surface area contributed by atoms with Crippen LogP contribution in [0, 0.1) is 0 Å². The minimum atomic E-state index is -0.264. The molecule has 0 radical (unpaired) electrons. The summed E-state index contributed by atoms with van der Waals surface area (Å²) < 4.78 is 1.82. The lowest BCUT2D eigenvalue weighted by Crippen LogP contribution is -2.24. The van der Waals surface area contributed by atoms with E-state index in [0.29, 0.717) is 12.1 Å². The molecule has 0 aliphatic rings. The quantitative estimate of drug-likeness (QED) is 0.888. The van der Waals surface area contributed by atoms with Gasteiger partial charge in [-0.15, -0.1) is 0 Å². The van der Waals surface area contributed by atoms with Crippen molar-refractivity contribution >= 4 is 17.5 Å². The summed E-state index contributed by atoms with van der Waals surface area (Å²) in [6.07, 6.45) is 3.47. The molecule has 0 aliphatic heterocycles. The van der Waals surface area contributed by atoms with E-state index in [2.05, 4.69) is 10.3 Å². The number of aromatic hydroxyl groups is 1. The minimum Gasteiger partial charge on any atom is -0.506 e. The van der Waals surface area contributed by atoms with Crippen LogP contribution in [-0.4, -0.2) is 20.6 Å². The molecule has 18 heavy (non-hydrogen) atoms. The average molecular weight is 266 g/mol. The number of aryl methyl sites for hydroxylation is 1. The first-order valence-corrected chi connectivity index (χ1v) is 5.68. The molecule has 1 aromatic heterocycles. The number of nitrogens with one attached hydrogen (secondary N) is 1. The number of aromatic nitrogens is 2. The van der Waals surface area contributed by atoms with E-state index in [0.717, 1.165) is 5.82 Å². The average Bonchev–Trinajstić information content (AvgIpc) is 2.75. The second-order valence-electron chi connectivity index (χ2n) is 3.80. The van der Waals surface area contributed by atoms with E-state index in [1.165, 1.54) is 18.2 Å². The summed E-state index contributed by atoms with van der Waals surface area (Å²) in [4.78, 5) is 15.9. The third kappa shape index (κ3) is 2.62. The summed E-state index contributed by atoms with van der Waals surface area (Å²) >= 11 is 5.74. The number of phenols is 1. The van der Waals surface area contributed by atoms with E-state index in [1.54, 1.807) is 12.4 Å². The number of halogens is 1. The zero-order chi connectivity index (χ0) is 13.1. The predicted molar refractivity (Wildman–Crippen MR) is 67.5 cm³/mol. The molecule has 0 spiro atoms. The van der Waals surface area contributed by atoms with E-state index in [9.17, 15) is 9.90 Å². The molecule has 0 atom stereocenters. The Labute approximate surface area is 109 Å². The highest BCUT2D eigenvalue weighted by Crippen LogP contribution is 2.23. The van der Waals surface area contributed by atoms with Crippen molar-refractivity contribution in [1.82, 2.24) is 14.9 Å². The lowest BCUT2D eigenvalue weighted by Gasteiger charge is -2.06. The molecular weight excluding hydrogens is 254 g/mol. The third-order valence-corrected chi connectivity index (χ3v) is 2.84. The van der Waals surface area contributed by atoms with Gasteiger partial charge < -0.3 is 15.0 Å². The predicted octanol–water partition coefficient (Wildman–Crippen LogP) is 1.71. The van der Waals surface area contributed by atoms with Crippen LogP contribution in [0.1, 0.15) is 16.2 Å².